The van der Waals surface area contributed by atoms with E-state index in [0.717, 1.165) is 22.8 Å². The van der Waals surface area contributed by atoms with Crippen molar-refractivity contribution in [1.82, 2.24) is 9.97 Å². The van der Waals surface area contributed by atoms with Gasteiger partial charge in [-0.2, -0.15) is 4.98 Å². The van der Waals surface area contributed by atoms with Gasteiger partial charge in [0.1, 0.15) is 5.82 Å². The van der Waals surface area contributed by atoms with Crippen molar-refractivity contribution in [2.75, 3.05) is 10.6 Å². The Kier molecular flexibility index (Phi) is 4.96. The molecule has 0 aliphatic carbocycles. The van der Waals surface area contributed by atoms with Crippen LogP contribution < -0.4 is 10.6 Å². The van der Waals surface area contributed by atoms with Crippen LogP contribution in [0.5, 0.6) is 0 Å². The molecule has 0 unspecified atom stereocenters. The minimum absolute atomic E-state index is 0.249. The third-order valence-electron chi connectivity index (χ3n) is 3.33. The summed E-state index contributed by atoms with van der Waals surface area (Å²) in [5, 5.41) is 7.28. The van der Waals surface area contributed by atoms with Crippen molar-refractivity contribution in [3.63, 3.8) is 0 Å². The smallest absolute Gasteiger partial charge is 0.225 e. The number of benzene rings is 2. The molecule has 0 aliphatic heterocycles. The van der Waals surface area contributed by atoms with Gasteiger partial charge < -0.3 is 10.6 Å². The van der Waals surface area contributed by atoms with Gasteiger partial charge in [0, 0.05) is 28.4 Å². The number of aromatic nitrogens is 2. The molecule has 1 heterocycles. The van der Waals surface area contributed by atoms with Crippen LogP contribution in [0, 0.1) is 0 Å². The molecule has 0 aliphatic rings. The molecule has 3 rings (SSSR count). The molecule has 0 bridgehead atoms. The van der Waals surface area contributed by atoms with E-state index < -0.39 is 0 Å². The van der Waals surface area contributed by atoms with E-state index in [9.17, 15) is 0 Å². The number of halogens is 1. The van der Waals surface area contributed by atoms with Gasteiger partial charge in [0.15, 0.2) is 0 Å². The van der Waals surface area contributed by atoms with Crippen LogP contribution >= 0.6 is 11.6 Å². The molecule has 4 nitrogen and oxygen atoms in total. The van der Waals surface area contributed by atoms with Gasteiger partial charge in [-0.1, -0.05) is 41.9 Å². The lowest BCUT2D eigenvalue weighted by Crippen LogP contribution is -2.13. The zero-order valence-electron chi connectivity index (χ0n) is 13.6. The Hall–Kier alpha value is -2.59. The fourth-order valence-corrected chi connectivity index (χ4v) is 2.40. The molecule has 0 radical (unpaired) electrons. The van der Waals surface area contributed by atoms with Gasteiger partial charge >= 0.3 is 0 Å². The van der Waals surface area contributed by atoms with Crippen molar-refractivity contribution in [3.8, 4) is 11.3 Å². The maximum atomic E-state index is 5.94. The fourth-order valence-electron chi connectivity index (χ4n) is 2.27. The maximum absolute atomic E-state index is 5.94. The highest BCUT2D eigenvalue weighted by Gasteiger charge is 2.08. The second kappa shape index (κ2) is 7.32. The number of nitrogens with one attached hydrogen (secondary N) is 2. The molecule has 24 heavy (non-hydrogen) atoms. The lowest BCUT2D eigenvalue weighted by atomic mass is 10.1. The number of hydrogen-bond acceptors (Lipinski definition) is 4. The molecule has 0 spiro atoms. The first-order chi connectivity index (χ1) is 11.6. The van der Waals surface area contributed by atoms with Crippen molar-refractivity contribution in [1.29, 1.82) is 0 Å². The SMILES string of the molecule is CC(C)Nc1nc(Nc2ccc(Cl)cc2)cc(-c2ccccc2)n1. The first-order valence-electron chi connectivity index (χ1n) is 7.84. The molecule has 0 fully saturated rings. The predicted molar refractivity (Wildman–Crippen MR) is 101 cm³/mol. The van der Waals surface area contributed by atoms with Crippen LogP contribution in [0.3, 0.4) is 0 Å². The summed E-state index contributed by atoms with van der Waals surface area (Å²) >= 11 is 5.94. The third kappa shape index (κ3) is 4.24. The van der Waals surface area contributed by atoms with Crippen LogP contribution in [0.1, 0.15) is 13.8 Å². The van der Waals surface area contributed by atoms with E-state index in [4.69, 9.17) is 11.6 Å². The molecule has 0 amide bonds. The van der Waals surface area contributed by atoms with Crippen molar-refractivity contribution >= 4 is 29.1 Å². The Labute approximate surface area is 146 Å². The van der Waals surface area contributed by atoms with Gasteiger partial charge in [0.25, 0.3) is 0 Å². The van der Waals surface area contributed by atoms with Gasteiger partial charge in [-0.25, -0.2) is 4.98 Å². The number of hydrogen-bond donors (Lipinski definition) is 2. The summed E-state index contributed by atoms with van der Waals surface area (Å²) in [5.74, 6) is 1.33. The molecule has 1 aromatic heterocycles. The molecule has 2 aromatic carbocycles. The summed E-state index contributed by atoms with van der Waals surface area (Å²) in [4.78, 5) is 9.17. The van der Waals surface area contributed by atoms with E-state index in [1.54, 1.807) is 0 Å². The van der Waals surface area contributed by atoms with Crippen molar-refractivity contribution in [2.24, 2.45) is 0 Å². The Morgan fingerprint density at radius 1 is 0.917 bits per heavy atom. The topological polar surface area (TPSA) is 49.8 Å². The first kappa shape index (κ1) is 16.3. The van der Waals surface area contributed by atoms with Gasteiger partial charge in [-0.3, -0.25) is 0 Å². The summed E-state index contributed by atoms with van der Waals surface area (Å²) in [5.41, 5.74) is 2.84. The second-order valence-corrected chi connectivity index (χ2v) is 6.20. The maximum Gasteiger partial charge on any atom is 0.225 e. The summed E-state index contributed by atoms with van der Waals surface area (Å²) in [6.45, 7) is 4.12. The van der Waals surface area contributed by atoms with Crippen molar-refractivity contribution in [3.05, 3.63) is 65.7 Å². The number of anilines is 3. The highest BCUT2D eigenvalue weighted by molar-refractivity contribution is 6.30. The zero-order valence-corrected chi connectivity index (χ0v) is 14.4. The molecule has 3 aromatic rings. The van der Waals surface area contributed by atoms with Crippen LogP contribution in [-0.4, -0.2) is 16.0 Å². The monoisotopic (exact) mass is 338 g/mol. The normalized spacial score (nSPS) is 10.7. The second-order valence-electron chi connectivity index (χ2n) is 5.76. The standard InChI is InChI=1S/C19H19ClN4/c1-13(2)21-19-23-17(14-6-4-3-5-7-14)12-18(24-19)22-16-10-8-15(20)9-11-16/h3-13H,1-2H3,(H2,21,22,23,24). The fraction of sp³-hybridized carbons (Fsp3) is 0.158. The number of rotatable bonds is 5. The summed E-state index contributed by atoms with van der Waals surface area (Å²) < 4.78 is 0. The molecule has 5 heteroatoms. The van der Waals surface area contributed by atoms with Crippen LogP contribution in [0.4, 0.5) is 17.5 Å². The summed E-state index contributed by atoms with van der Waals surface area (Å²) in [7, 11) is 0. The van der Waals surface area contributed by atoms with Crippen molar-refractivity contribution in [2.45, 2.75) is 19.9 Å². The van der Waals surface area contributed by atoms with Crippen LogP contribution in [0.15, 0.2) is 60.7 Å². The quantitative estimate of drug-likeness (QED) is 0.657. The minimum atomic E-state index is 0.249. The molecule has 2 N–H and O–H groups in total. The summed E-state index contributed by atoms with van der Waals surface area (Å²) in [6, 6.07) is 19.8. The highest BCUT2D eigenvalue weighted by Crippen LogP contribution is 2.24. The van der Waals surface area contributed by atoms with Crippen LogP contribution in [0.2, 0.25) is 5.02 Å². The Bertz CT molecular complexity index is 801. The van der Waals surface area contributed by atoms with E-state index in [2.05, 4.69) is 34.4 Å². The highest BCUT2D eigenvalue weighted by atomic mass is 35.5. The Morgan fingerprint density at radius 2 is 1.62 bits per heavy atom. The van der Waals surface area contributed by atoms with Crippen molar-refractivity contribution < 1.29 is 0 Å². The average molecular weight is 339 g/mol. The van der Waals surface area contributed by atoms with Gasteiger partial charge in [0.2, 0.25) is 5.95 Å². The van der Waals surface area contributed by atoms with E-state index in [1.165, 1.54) is 0 Å². The predicted octanol–water partition coefficient (Wildman–Crippen LogP) is 5.36. The van der Waals surface area contributed by atoms with E-state index in [1.807, 2.05) is 60.7 Å². The largest absolute Gasteiger partial charge is 0.352 e. The first-order valence-corrected chi connectivity index (χ1v) is 8.21. The molecular formula is C19H19ClN4. The van der Waals surface area contributed by atoms with Crippen LogP contribution in [0.25, 0.3) is 11.3 Å². The number of nitrogens with zero attached hydrogens (tertiary/aromatic N) is 2. The molecule has 0 saturated heterocycles. The molecule has 122 valence electrons. The summed E-state index contributed by atoms with van der Waals surface area (Å²) in [6.07, 6.45) is 0. The molecule has 0 saturated carbocycles. The van der Waals surface area contributed by atoms with E-state index in [-0.39, 0.29) is 6.04 Å². The van der Waals surface area contributed by atoms with Crippen LogP contribution in [-0.2, 0) is 0 Å². The van der Waals surface area contributed by atoms with Gasteiger partial charge in [-0.05, 0) is 38.1 Å². The zero-order chi connectivity index (χ0) is 16.9. The Balaban J connectivity index is 1.96. The van der Waals surface area contributed by atoms with Gasteiger partial charge in [0.05, 0.1) is 5.69 Å². The lowest BCUT2D eigenvalue weighted by molar-refractivity contribution is 0.876. The van der Waals surface area contributed by atoms with E-state index >= 15 is 0 Å². The Morgan fingerprint density at radius 3 is 2.29 bits per heavy atom. The minimum Gasteiger partial charge on any atom is -0.352 e. The van der Waals surface area contributed by atoms with Gasteiger partial charge in [-0.15, -0.1) is 0 Å². The van der Waals surface area contributed by atoms with E-state index in [0.29, 0.717) is 11.0 Å². The third-order valence-corrected chi connectivity index (χ3v) is 3.58. The molecular weight excluding hydrogens is 320 g/mol. The molecule has 0 atom stereocenters. The average Bonchev–Trinajstić information content (AvgIpc) is 2.57. The lowest BCUT2D eigenvalue weighted by Gasteiger charge is -2.13.